The van der Waals surface area contributed by atoms with Crippen molar-refractivity contribution < 1.29 is 34.7 Å². The van der Waals surface area contributed by atoms with Gasteiger partial charge in [0.2, 0.25) is 0 Å². The maximum atomic E-state index is 12.7. The first-order valence-electron chi connectivity index (χ1n) is 20.4. The number of ether oxygens (including phenoxy) is 2. The molecule has 6 aliphatic heterocycles. The zero-order chi connectivity index (χ0) is 37.8. The highest BCUT2D eigenvalue weighted by Gasteiger charge is 2.43. The number of rotatable bonds is 3. The molecular formula is C41H62N6O7. The Balaban J connectivity index is 1.29. The first kappa shape index (κ1) is 39.1. The van der Waals surface area contributed by atoms with Crippen molar-refractivity contribution in [1.82, 2.24) is 20.4 Å². The molecule has 8 bridgehead atoms. The molecule has 3 fully saturated rings. The van der Waals surface area contributed by atoms with Gasteiger partial charge in [-0.25, -0.2) is 4.99 Å². The van der Waals surface area contributed by atoms with Gasteiger partial charge in [-0.2, -0.15) is 0 Å². The summed E-state index contributed by atoms with van der Waals surface area (Å²) in [5, 5.41) is 51.0. The molecule has 6 heterocycles. The molecule has 7 aliphatic rings. The summed E-state index contributed by atoms with van der Waals surface area (Å²) in [4.78, 5) is 22.3. The number of hydrogen-bond donors (Lipinski definition) is 7. The molecule has 2 unspecified atom stereocenters. The zero-order valence-corrected chi connectivity index (χ0v) is 31.9. The highest BCUT2D eigenvalue weighted by Crippen LogP contribution is 2.40. The SMILES string of the molecule is CC(=O)O[C@@H]1C[C@@H](O)CC[C@]2(C#C[C@H]3CCC[C@H]4C[C@@H](CCN4)Oc4cc(c(CO)cc4O)C[C@@H]31)CCN1C[C@@H]3C[C@H](CN(CN=C(N)NC2)C3)[C@H]1CO. The van der Waals surface area contributed by atoms with Crippen molar-refractivity contribution in [3.05, 3.63) is 23.3 Å². The van der Waals surface area contributed by atoms with E-state index in [0.717, 1.165) is 83.2 Å². The monoisotopic (exact) mass is 750 g/mol. The Morgan fingerprint density at radius 2 is 2.00 bits per heavy atom. The molecular weight excluding hydrogens is 688 g/mol. The number of aromatic hydroxyl groups is 1. The van der Waals surface area contributed by atoms with Crippen molar-refractivity contribution in [3.8, 4) is 23.3 Å². The highest BCUT2D eigenvalue weighted by molar-refractivity contribution is 5.77. The Kier molecular flexibility index (Phi) is 12.6. The quantitative estimate of drug-likeness (QED) is 0.176. The van der Waals surface area contributed by atoms with Crippen LogP contribution in [0.1, 0.15) is 82.3 Å². The van der Waals surface area contributed by atoms with Crippen LogP contribution in [0.4, 0.5) is 0 Å². The number of carbonyl (C=O) groups excluding carboxylic acids is 1. The van der Waals surface area contributed by atoms with Crippen LogP contribution in [0.3, 0.4) is 0 Å². The summed E-state index contributed by atoms with van der Waals surface area (Å²) >= 11 is 0. The molecule has 8 rings (SSSR count). The van der Waals surface area contributed by atoms with Crippen LogP contribution >= 0.6 is 0 Å². The number of aliphatic imine (C=N–C) groups is 1. The standard InChI is InChI=1S/C41H62N6O7/c1-26(50)53-38-18-33(51)6-9-41(10-12-47-20-27-13-30(36(47)23-49)21-46(19-27)25-45-40(42)44-24-41)8-5-28-3-2-4-32-17-34(7-11-43-32)54-39-16-29(14-35(28)38)31(22-48)15-37(39)52/h15-16,27-28,30,32-36,38,43,48-49,51-52H,2-4,6-7,9-14,17-25H2,1H3,(H3,42,44,45)/t27-,28-,30-,32+,33+,34-,35+,36-,38-,41-/m1/s1. The van der Waals surface area contributed by atoms with Crippen molar-refractivity contribution in [1.29, 1.82) is 0 Å². The number of carbonyl (C=O) groups is 1. The average molecular weight is 751 g/mol. The number of phenolic OH excluding ortho intramolecular Hbond substituents is 1. The van der Waals surface area contributed by atoms with Crippen LogP contribution < -0.4 is 21.1 Å². The fraction of sp³-hybridized carbons (Fsp3) is 0.756. The lowest BCUT2D eigenvalue weighted by atomic mass is 9.73. The van der Waals surface area contributed by atoms with Gasteiger partial charge in [0, 0.05) is 70.0 Å². The number of nitrogens with zero attached hydrogens (tertiary/aromatic N) is 3. The maximum Gasteiger partial charge on any atom is 0.302 e. The largest absolute Gasteiger partial charge is 0.504 e. The van der Waals surface area contributed by atoms with Crippen LogP contribution in [-0.2, 0) is 22.6 Å². The van der Waals surface area contributed by atoms with Crippen LogP contribution in [-0.4, -0.2) is 125 Å². The van der Waals surface area contributed by atoms with E-state index in [4.69, 9.17) is 20.2 Å². The van der Waals surface area contributed by atoms with E-state index >= 15 is 0 Å². The number of aliphatic hydroxyl groups excluding tert-OH is 3. The molecule has 13 nitrogen and oxygen atoms in total. The Labute approximate surface area is 320 Å². The van der Waals surface area contributed by atoms with Crippen molar-refractivity contribution in [3.63, 3.8) is 0 Å². The number of nitrogens with one attached hydrogen (secondary N) is 2. The predicted molar refractivity (Wildman–Crippen MR) is 204 cm³/mol. The lowest BCUT2D eigenvalue weighted by Gasteiger charge is -2.50. The second-order valence-electron chi connectivity index (χ2n) is 17.1. The van der Waals surface area contributed by atoms with Crippen molar-refractivity contribution in [2.45, 2.75) is 115 Å². The zero-order valence-electron chi connectivity index (χ0n) is 31.9. The predicted octanol–water partition coefficient (Wildman–Crippen LogP) is 1.69. The van der Waals surface area contributed by atoms with Gasteiger partial charge in [0.25, 0.3) is 0 Å². The third kappa shape index (κ3) is 9.28. The third-order valence-electron chi connectivity index (χ3n) is 13.3. The maximum absolute atomic E-state index is 12.7. The molecule has 54 heavy (non-hydrogen) atoms. The number of esters is 1. The van der Waals surface area contributed by atoms with Crippen LogP contribution in [0.5, 0.6) is 11.5 Å². The number of guanidine groups is 1. The molecule has 0 aromatic heterocycles. The van der Waals surface area contributed by atoms with E-state index in [9.17, 15) is 25.2 Å². The fourth-order valence-electron chi connectivity index (χ4n) is 10.4. The first-order valence-corrected chi connectivity index (χ1v) is 20.4. The van der Waals surface area contributed by atoms with Gasteiger partial charge in [0.05, 0.1) is 31.4 Å². The Morgan fingerprint density at radius 3 is 2.81 bits per heavy atom. The third-order valence-corrected chi connectivity index (χ3v) is 13.3. The van der Waals surface area contributed by atoms with Crippen LogP contribution in [0.25, 0.3) is 0 Å². The Morgan fingerprint density at radius 1 is 1.13 bits per heavy atom. The van der Waals surface area contributed by atoms with E-state index in [1.165, 1.54) is 6.92 Å². The van der Waals surface area contributed by atoms with Crippen LogP contribution in [0.2, 0.25) is 0 Å². The van der Waals surface area contributed by atoms with Gasteiger partial charge >= 0.3 is 5.97 Å². The van der Waals surface area contributed by atoms with Gasteiger partial charge in [-0.1, -0.05) is 18.3 Å². The first-order chi connectivity index (χ1) is 26.1. The summed E-state index contributed by atoms with van der Waals surface area (Å²) < 4.78 is 12.5. The van der Waals surface area contributed by atoms with Crippen LogP contribution in [0, 0.1) is 40.9 Å². The van der Waals surface area contributed by atoms with Gasteiger partial charge in [0.1, 0.15) is 12.2 Å². The summed E-state index contributed by atoms with van der Waals surface area (Å²) in [5.41, 5.74) is 7.35. The minimum Gasteiger partial charge on any atom is -0.504 e. The number of aliphatic hydroxyl groups is 3. The fourth-order valence-corrected chi connectivity index (χ4v) is 10.4. The highest BCUT2D eigenvalue weighted by atomic mass is 16.5. The van der Waals surface area contributed by atoms with E-state index < -0.39 is 23.6 Å². The lowest BCUT2D eigenvalue weighted by Crippen LogP contribution is -2.59. The summed E-state index contributed by atoms with van der Waals surface area (Å²) in [6.07, 6.45) is 6.41. The van der Waals surface area contributed by atoms with Gasteiger partial charge in [0.15, 0.2) is 17.5 Å². The summed E-state index contributed by atoms with van der Waals surface area (Å²) in [5.74, 6) is 8.35. The number of piperidine rings is 3. The average Bonchev–Trinajstić information content (AvgIpc) is 3.16. The molecule has 1 aliphatic carbocycles. The number of phenols is 1. The molecule has 13 heteroatoms. The number of nitrogens with two attached hydrogens (primary N) is 1. The topological polar surface area (TPSA) is 185 Å². The normalized spacial score (nSPS) is 38.7. The summed E-state index contributed by atoms with van der Waals surface area (Å²) in [7, 11) is 0. The van der Waals surface area contributed by atoms with Crippen molar-refractivity contribution >= 4 is 11.9 Å². The molecule has 1 aromatic carbocycles. The van der Waals surface area contributed by atoms with Gasteiger partial charge in [-0.15, -0.1) is 0 Å². The smallest absolute Gasteiger partial charge is 0.302 e. The molecule has 3 saturated heterocycles. The van der Waals surface area contributed by atoms with E-state index in [0.29, 0.717) is 61.6 Å². The van der Waals surface area contributed by atoms with Crippen molar-refractivity contribution in [2.75, 3.05) is 52.5 Å². The second kappa shape index (κ2) is 17.3. The Bertz CT molecular complexity index is 1570. The molecule has 0 saturated carbocycles. The van der Waals surface area contributed by atoms with Gasteiger partial charge < -0.3 is 46.3 Å². The summed E-state index contributed by atoms with van der Waals surface area (Å²) in [6.45, 7) is 6.62. The number of hydrogen-bond acceptors (Lipinski definition) is 13. The summed E-state index contributed by atoms with van der Waals surface area (Å²) in [6, 6.07) is 3.76. The molecule has 0 radical (unpaired) electrons. The van der Waals surface area contributed by atoms with Gasteiger partial charge in [-0.3, -0.25) is 14.6 Å². The molecule has 1 spiro atoms. The molecule has 8 N–H and O–H groups in total. The van der Waals surface area contributed by atoms with E-state index in [2.05, 4.69) is 32.3 Å². The van der Waals surface area contributed by atoms with E-state index in [1.807, 2.05) is 6.07 Å². The number of benzene rings is 1. The van der Waals surface area contributed by atoms with Gasteiger partial charge in [-0.05, 0) is 99.4 Å². The number of fused-ring (bicyclic) bond motifs is 9. The van der Waals surface area contributed by atoms with Crippen molar-refractivity contribution in [2.24, 2.45) is 39.8 Å². The van der Waals surface area contributed by atoms with E-state index in [1.54, 1.807) is 6.07 Å². The minimum atomic E-state index is -0.754. The van der Waals surface area contributed by atoms with E-state index in [-0.39, 0.29) is 55.4 Å². The van der Waals surface area contributed by atoms with Crippen LogP contribution in [0.15, 0.2) is 17.1 Å². The molecule has 298 valence electrons. The minimum absolute atomic E-state index is 0.00433. The Hall–Kier alpha value is -3.12. The molecule has 0 amide bonds. The second-order valence-corrected chi connectivity index (χ2v) is 17.1. The molecule has 1 aromatic rings. The lowest BCUT2D eigenvalue weighted by molar-refractivity contribution is -0.152. The molecule has 12 atom stereocenters.